The van der Waals surface area contributed by atoms with E-state index in [2.05, 4.69) is 16.3 Å². The number of aromatic amines is 1. The Bertz CT molecular complexity index is 623. The zero-order valence-electron chi connectivity index (χ0n) is 10.2. The molecule has 0 spiro atoms. The van der Waals surface area contributed by atoms with Gasteiger partial charge in [-0.05, 0) is 19.9 Å². The zero-order chi connectivity index (χ0) is 13.0. The Kier molecular flexibility index (Phi) is 4.04. The van der Waals surface area contributed by atoms with Gasteiger partial charge in [-0.3, -0.25) is 4.79 Å². The molecule has 1 heterocycles. The average molecular weight is 233 g/mol. The van der Waals surface area contributed by atoms with E-state index in [1.54, 1.807) is 19.1 Å². The van der Waals surface area contributed by atoms with Crippen LogP contribution in [-0.2, 0) is 4.74 Å². The van der Waals surface area contributed by atoms with Gasteiger partial charge in [0.25, 0.3) is 0 Å². The Labute approximate surface area is 98.9 Å². The lowest BCUT2D eigenvalue weighted by molar-refractivity contribution is 0.0597. The van der Waals surface area contributed by atoms with Crippen molar-refractivity contribution in [1.82, 2.24) is 4.98 Å². The van der Waals surface area contributed by atoms with Gasteiger partial charge in [0.1, 0.15) is 5.56 Å². The van der Waals surface area contributed by atoms with Crippen LogP contribution in [0.3, 0.4) is 0 Å². The summed E-state index contributed by atoms with van der Waals surface area (Å²) in [5, 5.41) is 0.854. The Morgan fingerprint density at radius 2 is 2.12 bits per heavy atom. The first-order chi connectivity index (χ1) is 8.02. The summed E-state index contributed by atoms with van der Waals surface area (Å²) in [5.41, 5.74) is 0.0870. The Morgan fingerprint density at radius 1 is 1.47 bits per heavy atom. The highest BCUT2D eigenvalue weighted by molar-refractivity contribution is 5.90. The smallest absolute Gasteiger partial charge is 0.343 e. The summed E-state index contributed by atoms with van der Waals surface area (Å²) in [7, 11) is 1.24. The summed E-state index contributed by atoms with van der Waals surface area (Å²) < 4.78 is 4.56. The summed E-state index contributed by atoms with van der Waals surface area (Å²) in [6, 6.07) is 0. The largest absolute Gasteiger partial charge is 0.465 e. The minimum atomic E-state index is -0.647. The number of ether oxygens (including phenoxy) is 1. The molecule has 1 aromatic heterocycles. The molecule has 1 N–H and O–H groups in total. The highest BCUT2D eigenvalue weighted by Gasteiger charge is 2.14. The second kappa shape index (κ2) is 5.30. The summed E-state index contributed by atoms with van der Waals surface area (Å²) in [6.45, 7) is 7.20. The van der Waals surface area contributed by atoms with E-state index in [1.165, 1.54) is 7.11 Å². The normalized spacial score (nSPS) is 12.1. The number of aryl methyl sites for hydroxylation is 1. The van der Waals surface area contributed by atoms with Crippen LogP contribution >= 0.6 is 0 Å². The molecule has 0 amide bonds. The van der Waals surface area contributed by atoms with Crippen molar-refractivity contribution in [3.8, 4) is 0 Å². The zero-order valence-corrected chi connectivity index (χ0v) is 10.2. The van der Waals surface area contributed by atoms with Crippen molar-refractivity contribution >= 4 is 18.6 Å². The predicted molar refractivity (Wildman–Crippen MR) is 67.2 cm³/mol. The fraction of sp³-hybridized carbons (Fsp3) is 0.231. The Balaban J connectivity index is 3.65. The van der Waals surface area contributed by atoms with Gasteiger partial charge >= 0.3 is 5.97 Å². The van der Waals surface area contributed by atoms with Crippen molar-refractivity contribution in [2.24, 2.45) is 0 Å². The van der Waals surface area contributed by atoms with Gasteiger partial charge in [-0.25, -0.2) is 4.79 Å². The third kappa shape index (κ3) is 2.53. The molecule has 0 saturated carbocycles. The molecule has 0 saturated heterocycles. The number of rotatable bonds is 2. The van der Waals surface area contributed by atoms with E-state index >= 15 is 0 Å². The number of allylic oxidation sites excluding steroid dienone is 2. The van der Waals surface area contributed by atoms with E-state index in [4.69, 9.17) is 0 Å². The first-order valence-corrected chi connectivity index (χ1v) is 5.16. The van der Waals surface area contributed by atoms with E-state index in [0.717, 1.165) is 0 Å². The fourth-order valence-electron chi connectivity index (χ4n) is 1.47. The predicted octanol–water partition coefficient (Wildman–Crippen LogP) is 0.237. The number of nitrogens with one attached hydrogen (secondary N) is 1. The summed E-state index contributed by atoms with van der Waals surface area (Å²) in [5.74, 6) is -0.647. The average Bonchev–Trinajstić information content (AvgIpc) is 2.31. The highest BCUT2D eigenvalue weighted by Crippen LogP contribution is 1.96. The molecule has 0 unspecified atom stereocenters. The van der Waals surface area contributed by atoms with Crippen LogP contribution in [0.5, 0.6) is 0 Å². The van der Waals surface area contributed by atoms with Crippen LogP contribution in [0.25, 0.3) is 12.7 Å². The number of carbonyl (C=O) groups excluding carboxylic acids is 1. The van der Waals surface area contributed by atoms with Crippen molar-refractivity contribution in [1.29, 1.82) is 0 Å². The molecular weight excluding hydrogens is 218 g/mol. The molecule has 0 bridgehead atoms. The molecule has 90 valence electrons. The molecule has 0 fully saturated rings. The maximum atomic E-state index is 11.9. The lowest BCUT2D eigenvalue weighted by atomic mass is 10.1. The van der Waals surface area contributed by atoms with Gasteiger partial charge in [0.05, 0.1) is 7.11 Å². The molecule has 0 radical (unpaired) electrons. The van der Waals surface area contributed by atoms with Gasteiger partial charge in [0, 0.05) is 16.3 Å². The van der Waals surface area contributed by atoms with Gasteiger partial charge in [0.2, 0.25) is 5.43 Å². The number of aromatic nitrogens is 1. The molecule has 4 nitrogen and oxygen atoms in total. The van der Waals surface area contributed by atoms with Crippen molar-refractivity contribution in [2.45, 2.75) is 13.8 Å². The molecular formula is C13H15NO3. The van der Waals surface area contributed by atoms with Crippen LogP contribution in [0.2, 0.25) is 0 Å². The standard InChI is InChI=1S/C13H15NO3/c1-5-6-7-10-8(2)12(15)11(9(3)14-10)13(16)17-4/h5-7,14H,2H2,1,3-4H3/b6-5-,10-7+. The molecule has 0 aliphatic rings. The van der Waals surface area contributed by atoms with Gasteiger partial charge in [-0.2, -0.15) is 0 Å². The number of esters is 1. The summed E-state index contributed by atoms with van der Waals surface area (Å²) in [4.78, 5) is 26.3. The number of pyridine rings is 1. The van der Waals surface area contributed by atoms with Gasteiger partial charge < -0.3 is 9.72 Å². The quantitative estimate of drug-likeness (QED) is 0.744. The molecule has 0 aromatic carbocycles. The first kappa shape index (κ1) is 13.0. The third-order valence-corrected chi connectivity index (χ3v) is 2.37. The van der Waals surface area contributed by atoms with Crippen LogP contribution in [0, 0.1) is 6.92 Å². The topological polar surface area (TPSA) is 59.2 Å². The third-order valence-electron chi connectivity index (χ3n) is 2.37. The van der Waals surface area contributed by atoms with Crippen molar-refractivity contribution < 1.29 is 9.53 Å². The Morgan fingerprint density at radius 3 is 2.65 bits per heavy atom. The number of H-pyrrole nitrogens is 1. The maximum absolute atomic E-state index is 11.9. The second-order valence-corrected chi connectivity index (χ2v) is 3.53. The summed E-state index contributed by atoms with van der Waals surface area (Å²) in [6.07, 6.45) is 5.36. The number of hydrogen-bond acceptors (Lipinski definition) is 3. The fourth-order valence-corrected chi connectivity index (χ4v) is 1.47. The van der Waals surface area contributed by atoms with E-state index in [1.807, 2.05) is 13.0 Å². The van der Waals surface area contributed by atoms with Crippen molar-refractivity contribution in [2.75, 3.05) is 7.11 Å². The minimum absolute atomic E-state index is 0.00938. The van der Waals surface area contributed by atoms with E-state index in [0.29, 0.717) is 11.0 Å². The van der Waals surface area contributed by atoms with Crippen LogP contribution in [0.1, 0.15) is 23.0 Å². The molecule has 0 atom stereocenters. The van der Waals surface area contributed by atoms with E-state index in [9.17, 15) is 9.59 Å². The summed E-state index contributed by atoms with van der Waals surface area (Å²) >= 11 is 0. The Hall–Kier alpha value is -2.10. The van der Waals surface area contributed by atoms with Crippen LogP contribution in [0.15, 0.2) is 16.9 Å². The van der Waals surface area contributed by atoms with E-state index < -0.39 is 11.4 Å². The van der Waals surface area contributed by atoms with Crippen LogP contribution in [0.4, 0.5) is 0 Å². The highest BCUT2D eigenvalue weighted by atomic mass is 16.5. The second-order valence-electron chi connectivity index (χ2n) is 3.53. The minimum Gasteiger partial charge on any atom is -0.465 e. The van der Waals surface area contributed by atoms with Gasteiger partial charge in [0.15, 0.2) is 0 Å². The first-order valence-electron chi connectivity index (χ1n) is 5.16. The monoisotopic (exact) mass is 233 g/mol. The number of carbonyl (C=O) groups is 1. The van der Waals surface area contributed by atoms with Gasteiger partial charge in [-0.15, -0.1) is 0 Å². The lowest BCUT2D eigenvalue weighted by Gasteiger charge is -2.03. The molecule has 0 aliphatic heterocycles. The number of hydrogen-bond donors (Lipinski definition) is 1. The maximum Gasteiger partial charge on any atom is 0.343 e. The van der Waals surface area contributed by atoms with Crippen LogP contribution < -0.4 is 16.0 Å². The molecule has 1 rings (SSSR count). The molecule has 17 heavy (non-hydrogen) atoms. The van der Waals surface area contributed by atoms with Gasteiger partial charge in [-0.1, -0.05) is 18.7 Å². The molecule has 1 aromatic rings. The van der Waals surface area contributed by atoms with Crippen LogP contribution in [-0.4, -0.2) is 18.1 Å². The lowest BCUT2D eigenvalue weighted by Crippen LogP contribution is -2.44. The molecule has 4 heteroatoms. The van der Waals surface area contributed by atoms with Crippen molar-refractivity contribution in [3.63, 3.8) is 0 Å². The number of methoxy groups -OCH3 is 1. The SMILES string of the molecule is C=c1c(=O)c(C(=O)OC)c(C)[nH]/c1=C/C=C\C. The molecule has 0 aliphatic carbocycles. The van der Waals surface area contributed by atoms with E-state index in [-0.39, 0.29) is 10.8 Å². The van der Waals surface area contributed by atoms with Crippen molar-refractivity contribution in [3.05, 3.63) is 44.2 Å².